The molecule has 0 radical (unpaired) electrons. The van der Waals surface area contributed by atoms with Crippen molar-refractivity contribution >= 4 is 56.6 Å². The molecule has 0 aliphatic rings. The number of aryl methyl sites for hydroxylation is 1. The fourth-order valence-corrected chi connectivity index (χ4v) is 4.52. The van der Waals surface area contributed by atoms with E-state index in [1.54, 1.807) is 7.11 Å². The lowest BCUT2D eigenvalue weighted by Crippen LogP contribution is -2.30. The van der Waals surface area contributed by atoms with Gasteiger partial charge in [-0.2, -0.15) is 0 Å². The molecule has 3 N–H and O–H groups in total. The average molecular weight is 465 g/mol. The van der Waals surface area contributed by atoms with Crippen molar-refractivity contribution in [1.82, 2.24) is 20.5 Å². The molecule has 2 heterocycles. The minimum atomic E-state index is -0.354. The number of carbonyl (C=O) groups excluding carboxylic acids is 2. The number of carbonyl (C=O) groups is 2. The Morgan fingerprint density at radius 1 is 1.13 bits per heavy atom. The van der Waals surface area contributed by atoms with Crippen LogP contribution in [0.2, 0.25) is 0 Å². The van der Waals surface area contributed by atoms with Crippen molar-refractivity contribution in [2.45, 2.75) is 17.7 Å². The third-order valence-corrected chi connectivity index (χ3v) is 6.52. The van der Waals surface area contributed by atoms with Crippen molar-refractivity contribution in [3.63, 3.8) is 0 Å². The molecule has 0 spiro atoms. The number of thiazole rings is 1. The van der Waals surface area contributed by atoms with Crippen molar-refractivity contribution in [3.8, 4) is 5.75 Å². The Morgan fingerprint density at radius 2 is 1.93 bits per heavy atom. The van der Waals surface area contributed by atoms with E-state index in [0.717, 1.165) is 17.0 Å². The first-order chi connectivity index (χ1) is 14.5. The van der Waals surface area contributed by atoms with Gasteiger partial charge in [-0.15, -0.1) is 21.5 Å². The van der Waals surface area contributed by atoms with Crippen LogP contribution in [0.1, 0.15) is 11.3 Å². The Morgan fingerprint density at radius 3 is 2.63 bits per heavy atom. The predicted octanol–water partition coefficient (Wildman–Crippen LogP) is 3.41. The number of benzene rings is 1. The number of hydrogen-bond acceptors (Lipinski definition) is 9. The summed E-state index contributed by atoms with van der Waals surface area (Å²) in [4.78, 5) is 28.1. The van der Waals surface area contributed by atoms with Gasteiger partial charge in [-0.25, -0.2) is 9.78 Å². The number of methoxy groups -OCH3 is 1. The van der Waals surface area contributed by atoms with E-state index in [0.29, 0.717) is 27.6 Å². The number of amides is 3. The Balaban J connectivity index is 1.36. The van der Waals surface area contributed by atoms with Crippen molar-refractivity contribution in [2.24, 2.45) is 0 Å². The number of anilines is 2. The number of rotatable bonds is 9. The largest absolute Gasteiger partial charge is 0.497 e. The molecule has 0 atom stereocenters. The van der Waals surface area contributed by atoms with Crippen LogP contribution < -0.4 is 20.7 Å². The monoisotopic (exact) mass is 464 g/mol. The summed E-state index contributed by atoms with van der Waals surface area (Å²) in [6.07, 6.45) is 0.697. The summed E-state index contributed by atoms with van der Waals surface area (Å²) in [6, 6.07) is 7.33. The smallest absolute Gasteiger partial charge is 0.321 e. The lowest BCUT2D eigenvalue weighted by atomic mass is 10.1. The highest BCUT2D eigenvalue weighted by molar-refractivity contribution is 8.01. The molecule has 3 amide bonds. The van der Waals surface area contributed by atoms with Crippen LogP contribution in [0, 0.1) is 6.92 Å². The van der Waals surface area contributed by atoms with E-state index in [9.17, 15) is 9.59 Å². The van der Waals surface area contributed by atoms with Crippen LogP contribution >= 0.6 is 34.4 Å². The first kappa shape index (κ1) is 22.0. The first-order valence-electron chi connectivity index (χ1n) is 8.88. The number of thioether (sulfide) groups is 1. The van der Waals surface area contributed by atoms with Crippen LogP contribution in [-0.4, -0.2) is 46.5 Å². The van der Waals surface area contributed by atoms with E-state index in [2.05, 4.69) is 31.1 Å². The fraction of sp³-hybridized carbons (Fsp3) is 0.278. The second-order valence-corrected chi connectivity index (χ2v) is 9.04. The number of nitrogens with zero attached hydrogens (tertiary/aromatic N) is 3. The van der Waals surface area contributed by atoms with Gasteiger partial charge in [-0.3, -0.25) is 10.1 Å². The Bertz CT molecular complexity index is 989. The van der Waals surface area contributed by atoms with Crippen LogP contribution in [-0.2, 0) is 11.2 Å². The minimum Gasteiger partial charge on any atom is -0.497 e. The zero-order chi connectivity index (χ0) is 21.3. The van der Waals surface area contributed by atoms with Crippen LogP contribution in [0.5, 0.6) is 5.75 Å². The molecule has 12 heteroatoms. The second-order valence-electron chi connectivity index (χ2n) is 5.98. The maximum absolute atomic E-state index is 12.0. The van der Waals surface area contributed by atoms with Crippen molar-refractivity contribution in [1.29, 1.82) is 0 Å². The third-order valence-electron chi connectivity index (χ3n) is 3.68. The SMILES string of the molecule is COc1ccc(CCNC(=O)Nc2nnc(SCC(=O)Nc3nc(C)cs3)s2)cc1. The zero-order valence-electron chi connectivity index (χ0n) is 16.3. The minimum absolute atomic E-state index is 0.171. The standard InChI is InChI=1S/C18H20N6O3S3/c1-11-9-28-16(20-11)21-14(25)10-29-18-24-23-17(30-18)22-15(26)19-8-7-12-3-5-13(27-2)6-4-12/h3-6,9H,7-8,10H2,1-2H3,(H,20,21,25)(H2,19,22,23,26). The number of nitrogens with one attached hydrogen (secondary N) is 3. The van der Waals surface area contributed by atoms with Gasteiger partial charge >= 0.3 is 6.03 Å². The maximum atomic E-state index is 12.0. The van der Waals surface area contributed by atoms with Gasteiger partial charge in [0.15, 0.2) is 9.47 Å². The van der Waals surface area contributed by atoms with E-state index < -0.39 is 0 Å². The summed E-state index contributed by atoms with van der Waals surface area (Å²) in [6.45, 7) is 2.35. The van der Waals surface area contributed by atoms with E-state index >= 15 is 0 Å². The summed E-state index contributed by atoms with van der Waals surface area (Å²) in [5.74, 6) is 0.807. The van der Waals surface area contributed by atoms with Gasteiger partial charge < -0.3 is 15.4 Å². The molecule has 3 rings (SSSR count). The molecule has 0 aliphatic heterocycles. The Hall–Kier alpha value is -2.70. The van der Waals surface area contributed by atoms with Gasteiger partial charge in [0.2, 0.25) is 11.0 Å². The summed E-state index contributed by atoms with van der Waals surface area (Å²) >= 11 is 3.84. The topological polar surface area (TPSA) is 118 Å². The van der Waals surface area contributed by atoms with Gasteiger partial charge in [0, 0.05) is 11.9 Å². The predicted molar refractivity (Wildman–Crippen MR) is 120 cm³/mol. The Labute approximate surface area is 185 Å². The quantitative estimate of drug-likeness (QED) is 0.328. The van der Waals surface area contributed by atoms with Crippen LogP contribution in [0.4, 0.5) is 15.1 Å². The van der Waals surface area contributed by atoms with Crippen LogP contribution in [0.25, 0.3) is 0 Å². The van der Waals surface area contributed by atoms with Crippen LogP contribution in [0.3, 0.4) is 0 Å². The molecule has 2 aromatic heterocycles. The highest BCUT2D eigenvalue weighted by Gasteiger charge is 2.11. The summed E-state index contributed by atoms with van der Waals surface area (Å²) in [5.41, 5.74) is 1.96. The molecule has 1 aromatic carbocycles. The van der Waals surface area contributed by atoms with E-state index in [1.807, 2.05) is 36.6 Å². The molecule has 158 valence electrons. The van der Waals surface area contributed by atoms with Crippen LogP contribution in [0.15, 0.2) is 34.0 Å². The number of hydrogen-bond donors (Lipinski definition) is 3. The summed E-state index contributed by atoms with van der Waals surface area (Å²) in [7, 11) is 1.62. The number of aromatic nitrogens is 3. The van der Waals surface area contributed by atoms with Gasteiger partial charge in [-0.05, 0) is 31.0 Å². The molecule has 0 aliphatic carbocycles. The normalized spacial score (nSPS) is 10.5. The Kier molecular flexibility index (Phi) is 7.99. The molecular weight excluding hydrogens is 444 g/mol. The van der Waals surface area contributed by atoms with Crippen molar-refractivity contribution < 1.29 is 14.3 Å². The van der Waals surface area contributed by atoms with Crippen molar-refractivity contribution in [2.75, 3.05) is 30.0 Å². The first-order valence-corrected chi connectivity index (χ1v) is 11.6. The highest BCUT2D eigenvalue weighted by atomic mass is 32.2. The highest BCUT2D eigenvalue weighted by Crippen LogP contribution is 2.25. The molecule has 30 heavy (non-hydrogen) atoms. The van der Waals surface area contributed by atoms with E-state index in [-0.39, 0.29) is 17.7 Å². The number of urea groups is 1. The maximum Gasteiger partial charge on any atom is 0.321 e. The zero-order valence-corrected chi connectivity index (χ0v) is 18.7. The lowest BCUT2D eigenvalue weighted by Gasteiger charge is -2.06. The molecule has 0 saturated carbocycles. The average Bonchev–Trinajstić information content (AvgIpc) is 3.35. The molecule has 0 unspecified atom stereocenters. The summed E-state index contributed by atoms with van der Waals surface area (Å²) in [5, 5.41) is 18.9. The van der Waals surface area contributed by atoms with E-state index in [1.165, 1.54) is 34.4 Å². The molecule has 0 fully saturated rings. The molecule has 3 aromatic rings. The summed E-state index contributed by atoms with van der Waals surface area (Å²) < 4.78 is 5.71. The van der Waals surface area contributed by atoms with Crippen molar-refractivity contribution in [3.05, 3.63) is 40.9 Å². The second kappa shape index (κ2) is 10.9. The van der Waals surface area contributed by atoms with E-state index in [4.69, 9.17) is 4.74 Å². The third kappa shape index (κ3) is 6.97. The van der Waals surface area contributed by atoms with Gasteiger partial charge in [-0.1, -0.05) is 35.2 Å². The van der Waals surface area contributed by atoms with Gasteiger partial charge in [0.25, 0.3) is 0 Å². The molecular formula is C18H20N6O3S3. The molecule has 0 bridgehead atoms. The van der Waals surface area contributed by atoms with Gasteiger partial charge in [0.05, 0.1) is 18.6 Å². The molecule has 0 saturated heterocycles. The lowest BCUT2D eigenvalue weighted by molar-refractivity contribution is -0.113. The van der Waals surface area contributed by atoms with Gasteiger partial charge in [0.1, 0.15) is 5.75 Å². The fourth-order valence-electron chi connectivity index (χ4n) is 2.27. The number of ether oxygens (including phenoxy) is 1. The molecule has 9 nitrogen and oxygen atoms in total.